The van der Waals surface area contributed by atoms with Crippen molar-refractivity contribution in [3.8, 4) is 5.75 Å². The van der Waals surface area contributed by atoms with Gasteiger partial charge in [0.25, 0.3) is 0 Å². The van der Waals surface area contributed by atoms with Gasteiger partial charge in [-0.3, -0.25) is 4.79 Å². The molecule has 0 aliphatic carbocycles. The van der Waals surface area contributed by atoms with Gasteiger partial charge >= 0.3 is 0 Å². The van der Waals surface area contributed by atoms with Crippen LogP contribution >= 0.6 is 11.8 Å². The van der Waals surface area contributed by atoms with Crippen LogP contribution in [0.5, 0.6) is 5.75 Å². The third-order valence-corrected chi connectivity index (χ3v) is 5.24. The second-order valence-electron chi connectivity index (χ2n) is 6.04. The van der Waals surface area contributed by atoms with E-state index in [0.717, 1.165) is 24.2 Å². The number of aromatic nitrogens is 3. The molecule has 1 aliphatic heterocycles. The minimum absolute atomic E-state index is 0.0903. The van der Waals surface area contributed by atoms with Crippen molar-refractivity contribution in [3.05, 3.63) is 35.7 Å². The largest absolute Gasteiger partial charge is 0.497 e. The number of nitrogens with zero attached hydrogens (tertiary/aromatic N) is 3. The molecule has 2 atom stereocenters. The highest BCUT2D eigenvalue weighted by atomic mass is 32.2. The highest BCUT2D eigenvalue weighted by Gasteiger charge is 2.26. The summed E-state index contributed by atoms with van der Waals surface area (Å²) in [5, 5.41) is 11.3. The van der Waals surface area contributed by atoms with E-state index in [9.17, 15) is 4.79 Å². The fraction of sp³-hybridized carbons (Fsp3) is 0.471. The van der Waals surface area contributed by atoms with Crippen LogP contribution in [0.15, 0.2) is 29.4 Å². The van der Waals surface area contributed by atoms with Gasteiger partial charge in [0.05, 0.1) is 12.4 Å². The van der Waals surface area contributed by atoms with Gasteiger partial charge in [-0.05, 0) is 37.5 Å². The number of amides is 1. The molecule has 0 saturated carbocycles. The molecule has 1 saturated heterocycles. The van der Waals surface area contributed by atoms with Gasteiger partial charge in [-0.2, -0.15) is 0 Å². The molecule has 3 N–H and O–H groups in total. The SMILES string of the molecule is COc1ccc(CNC(=O)[C@H](C)Sc2nnc([C@@H]3CCCO3)n2N)cc1. The lowest BCUT2D eigenvalue weighted by Crippen LogP contribution is -2.31. The van der Waals surface area contributed by atoms with Crippen molar-refractivity contribution in [1.82, 2.24) is 20.2 Å². The summed E-state index contributed by atoms with van der Waals surface area (Å²) < 4.78 is 12.1. The van der Waals surface area contributed by atoms with E-state index < -0.39 is 0 Å². The predicted molar refractivity (Wildman–Crippen MR) is 98.3 cm³/mol. The number of carbonyl (C=O) groups is 1. The van der Waals surface area contributed by atoms with E-state index in [-0.39, 0.29) is 17.3 Å². The van der Waals surface area contributed by atoms with Crippen LogP contribution in [0.3, 0.4) is 0 Å². The quantitative estimate of drug-likeness (QED) is 0.558. The number of hydrogen-bond acceptors (Lipinski definition) is 7. The van der Waals surface area contributed by atoms with Gasteiger partial charge in [-0.1, -0.05) is 23.9 Å². The van der Waals surface area contributed by atoms with Gasteiger partial charge in [-0.25, -0.2) is 4.68 Å². The van der Waals surface area contributed by atoms with Crippen LogP contribution in [0.2, 0.25) is 0 Å². The van der Waals surface area contributed by atoms with Crippen LogP contribution < -0.4 is 15.9 Å². The zero-order chi connectivity index (χ0) is 18.5. The summed E-state index contributed by atoms with van der Waals surface area (Å²) in [7, 11) is 1.62. The molecule has 0 unspecified atom stereocenters. The van der Waals surface area contributed by atoms with Crippen molar-refractivity contribution in [2.75, 3.05) is 19.6 Å². The molecule has 1 fully saturated rings. The first kappa shape index (κ1) is 18.5. The Bertz CT molecular complexity index is 743. The number of ether oxygens (including phenoxy) is 2. The van der Waals surface area contributed by atoms with Gasteiger partial charge < -0.3 is 20.6 Å². The number of carbonyl (C=O) groups excluding carboxylic acids is 1. The third kappa shape index (κ3) is 4.28. The Labute approximate surface area is 156 Å². The zero-order valence-electron chi connectivity index (χ0n) is 14.8. The van der Waals surface area contributed by atoms with E-state index in [1.807, 2.05) is 31.2 Å². The monoisotopic (exact) mass is 377 g/mol. The Morgan fingerprint density at radius 1 is 1.46 bits per heavy atom. The van der Waals surface area contributed by atoms with Crippen LogP contribution in [0.25, 0.3) is 0 Å². The minimum Gasteiger partial charge on any atom is -0.497 e. The number of nitrogens with two attached hydrogens (primary N) is 1. The van der Waals surface area contributed by atoms with Crippen LogP contribution in [0.1, 0.15) is 37.3 Å². The molecule has 26 heavy (non-hydrogen) atoms. The van der Waals surface area contributed by atoms with Gasteiger partial charge in [0.2, 0.25) is 11.1 Å². The van der Waals surface area contributed by atoms with Crippen LogP contribution in [0.4, 0.5) is 0 Å². The zero-order valence-corrected chi connectivity index (χ0v) is 15.7. The lowest BCUT2D eigenvalue weighted by molar-refractivity contribution is -0.120. The molecule has 140 valence electrons. The normalized spacial score (nSPS) is 17.8. The molecular weight excluding hydrogens is 354 g/mol. The standard InChI is InChI=1S/C17H23N5O3S/c1-11(16(23)19-10-12-5-7-13(24-2)8-6-12)26-17-21-20-15(22(17)18)14-4-3-9-25-14/h5-8,11,14H,3-4,9-10,18H2,1-2H3,(H,19,23)/t11-,14-/m0/s1. The van der Waals surface area contributed by atoms with Crippen molar-refractivity contribution in [2.45, 2.75) is 42.8 Å². The smallest absolute Gasteiger partial charge is 0.233 e. The molecule has 0 radical (unpaired) electrons. The summed E-state index contributed by atoms with van der Waals surface area (Å²) in [6.45, 7) is 2.98. The summed E-state index contributed by atoms with van der Waals surface area (Å²) in [6, 6.07) is 7.56. The molecule has 2 aromatic rings. The van der Waals surface area contributed by atoms with Crippen molar-refractivity contribution in [1.29, 1.82) is 0 Å². The number of nitrogen functional groups attached to an aromatic ring is 1. The highest BCUT2D eigenvalue weighted by Crippen LogP contribution is 2.29. The van der Waals surface area contributed by atoms with Crippen molar-refractivity contribution in [2.24, 2.45) is 0 Å². The molecular formula is C17H23N5O3S. The molecule has 3 rings (SSSR count). The minimum atomic E-state index is -0.350. The summed E-state index contributed by atoms with van der Waals surface area (Å²) >= 11 is 1.28. The summed E-state index contributed by atoms with van der Waals surface area (Å²) in [6.07, 6.45) is 1.77. The molecule has 9 heteroatoms. The number of benzene rings is 1. The van der Waals surface area contributed by atoms with Crippen molar-refractivity contribution >= 4 is 17.7 Å². The van der Waals surface area contributed by atoms with Crippen molar-refractivity contribution in [3.63, 3.8) is 0 Å². The number of rotatable bonds is 7. The fourth-order valence-electron chi connectivity index (χ4n) is 2.66. The maximum atomic E-state index is 12.3. The summed E-state index contributed by atoms with van der Waals surface area (Å²) in [5.74, 6) is 7.37. The Kier molecular flexibility index (Phi) is 6.00. The first-order chi connectivity index (χ1) is 12.6. The van der Waals surface area contributed by atoms with E-state index in [1.54, 1.807) is 7.11 Å². The third-order valence-electron chi connectivity index (χ3n) is 4.19. The van der Waals surface area contributed by atoms with Crippen molar-refractivity contribution < 1.29 is 14.3 Å². The van der Waals surface area contributed by atoms with Crippen LogP contribution in [-0.4, -0.2) is 39.7 Å². The van der Waals surface area contributed by atoms with Gasteiger partial charge in [0.1, 0.15) is 11.9 Å². The molecule has 2 heterocycles. The Hall–Kier alpha value is -2.26. The molecule has 0 spiro atoms. The Balaban J connectivity index is 1.53. The average Bonchev–Trinajstić information content (AvgIpc) is 3.30. The summed E-state index contributed by atoms with van der Waals surface area (Å²) in [5.41, 5.74) is 0.999. The molecule has 1 amide bonds. The fourth-order valence-corrected chi connectivity index (χ4v) is 3.46. The Morgan fingerprint density at radius 2 is 2.23 bits per heavy atom. The van der Waals surface area contributed by atoms with Gasteiger partial charge in [-0.15, -0.1) is 10.2 Å². The number of methoxy groups -OCH3 is 1. The van der Waals surface area contributed by atoms with Crippen LogP contribution in [0, 0.1) is 0 Å². The van der Waals surface area contributed by atoms with E-state index >= 15 is 0 Å². The van der Waals surface area contributed by atoms with Gasteiger partial charge in [0.15, 0.2) is 5.82 Å². The number of hydrogen-bond donors (Lipinski definition) is 2. The average molecular weight is 377 g/mol. The number of thioether (sulfide) groups is 1. The predicted octanol–water partition coefficient (Wildman–Crippen LogP) is 1.65. The lowest BCUT2D eigenvalue weighted by Gasteiger charge is -2.12. The summed E-state index contributed by atoms with van der Waals surface area (Å²) in [4.78, 5) is 12.3. The molecule has 1 aliphatic rings. The molecule has 1 aromatic carbocycles. The van der Waals surface area contributed by atoms with E-state index in [4.69, 9.17) is 15.3 Å². The molecule has 1 aromatic heterocycles. The molecule has 0 bridgehead atoms. The van der Waals surface area contributed by atoms with E-state index in [0.29, 0.717) is 24.1 Å². The maximum Gasteiger partial charge on any atom is 0.233 e. The maximum absolute atomic E-state index is 12.3. The first-order valence-corrected chi connectivity index (χ1v) is 9.35. The number of nitrogens with one attached hydrogen (secondary N) is 1. The second kappa shape index (κ2) is 8.41. The Morgan fingerprint density at radius 3 is 2.88 bits per heavy atom. The second-order valence-corrected chi connectivity index (χ2v) is 7.35. The van der Waals surface area contributed by atoms with Crippen LogP contribution in [-0.2, 0) is 16.1 Å². The highest BCUT2D eigenvalue weighted by molar-refractivity contribution is 8.00. The van der Waals surface area contributed by atoms with Gasteiger partial charge in [0, 0.05) is 13.2 Å². The molecule has 8 nitrogen and oxygen atoms in total. The van der Waals surface area contributed by atoms with E-state index in [1.165, 1.54) is 16.4 Å². The lowest BCUT2D eigenvalue weighted by atomic mass is 10.2. The topological polar surface area (TPSA) is 104 Å². The van der Waals surface area contributed by atoms with E-state index in [2.05, 4.69) is 15.5 Å². The first-order valence-electron chi connectivity index (χ1n) is 8.47.